The summed E-state index contributed by atoms with van der Waals surface area (Å²) in [6.45, 7) is 4.96. The molecule has 3 nitrogen and oxygen atoms in total. The lowest BCUT2D eigenvalue weighted by Crippen LogP contribution is -2.35. The number of fused-ring (bicyclic) bond motifs is 2. The Hall–Kier alpha value is -1.06. The summed E-state index contributed by atoms with van der Waals surface area (Å²) in [5.74, 6) is 0.275. The first kappa shape index (κ1) is 14.4. The average molecular weight is 281 g/mol. The first-order chi connectivity index (χ1) is 8.79. The zero-order valence-electron chi connectivity index (χ0n) is 11.4. The lowest BCUT2D eigenvalue weighted by Gasteiger charge is -2.29. The zero-order chi connectivity index (χ0) is 12.5. The second-order valence-electron chi connectivity index (χ2n) is 5.14. The average Bonchev–Trinajstić information content (AvgIpc) is 2.61. The van der Waals surface area contributed by atoms with Gasteiger partial charge in [0.2, 0.25) is 5.91 Å². The number of carbonyl (C=O) groups is 1. The van der Waals surface area contributed by atoms with Crippen molar-refractivity contribution in [2.45, 2.75) is 32.6 Å². The molecular formula is C15H21ClN2O. The van der Waals surface area contributed by atoms with Crippen molar-refractivity contribution in [3.63, 3.8) is 0 Å². The highest BCUT2D eigenvalue weighted by molar-refractivity contribution is 5.96. The van der Waals surface area contributed by atoms with Crippen LogP contribution < -0.4 is 10.2 Å². The second kappa shape index (κ2) is 5.93. The van der Waals surface area contributed by atoms with Gasteiger partial charge in [-0.3, -0.25) is 4.79 Å². The normalized spacial score (nSPS) is 18.2. The molecule has 0 unspecified atom stereocenters. The maximum atomic E-state index is 11.9. The highest BCUT2D eigenvalue weighted by Crippen LogP contribution is 2.31. The summed E-state index contributed by atoms with van der Waals surface area (Å²) in [5.41, 5.74) is 5.42. The molecule has 0 fully saturated rings. The van der Waals surface area contributed by atoms with Crippen LogP contribution in [0.3, 0.4) is 0 Å². The van der Waals surface area contributed by atoms with Gasteiger partial charge in [0.05, 0.1) is 0 Å². The van der Waals surface area contributed by atoms with E-state index in [-0.39, 0.29) is 18.3 Å². The third kappa shape index (κ3) is 2.63. The van der Waals surface area contributed by atoms with E-state index in [4.69, 9.17) is 0 Å². The second-order valence-corrected chi connectivity index (χ2v) is 5.14. The molecule has 1 aromatic rings. The molecule has 0 saturated carbocycles. The van der Waals surface area contributed by atoms with E-state index < -0.39 is 0 Å². The molecule has 19 heavy (non-hydrogen) atoms. The molecule has 0 aliphatic carbocycles. The van der Waals surface area contributed by atoms with Gasteiger partial charge in [0, 0.05) is 18.7 Å². The monoisotopic (exact) mass is 280 g/mol. The molecule has 0 bridgehead atoms. The van der Waals surface area contributed by atoms with Crippen molar-refractivity contribution in [3.8, 4) is 0 Å². The first-order valence-corrected chi connectivity index (χ1v) is 6.95. The molecule has 1 amide bonds. The summed E-state index contributed by atoms with van der Waals surface area (Å²) in [4.78, 5) is 13.9. The van der Waals surface area contributed by atoms with E-state index in [0.29, 0.717) is 6.42 Å². The van der Waals surface area contributed by atoms with Crippen molar-refractivity contribution < 1.29 is 4.79 Å². The summed E-state index contributed by atoms with van der Waals surface area (Å²) in [7, 11) is 0. The van der Waals surface area contributed by atoms with Crippen LogP contribution in [0.4, 0.5) is 5.69 Å². The Morgan fingerprint density at radius 2 is 1.74 bits per heavy atom. The molecule has 3 rings (SSSR count). The fourth-order valence-corrected chi connectivity index (χ4v) is 3.07. The molecule has 0 atom stereocenters. The maximum Gasteiger partial charge on any atom is 0.227 e. The van der Waals surface area contributed by atoms with Gasteiger partial charge in [-0.25, -0.2) is 0 Å². The molecule has 0 saturated heterocycles. The van der Waals surface area contributed by atoms with Gasteiger partial charge in [0.1, 0.15) is 0 Å². The Kier molecular flexibility index (Phi) is 4.48. The Bertz CT molecular complexity index is 487. The van der Waals surface area contributed by atoms with E-state index in [2.05, 4.69) is 24.4 Å². The molecule has 0 aromatic heterocycles. The van der Waals surface area contributed by atoms with Crippen molar-refractivity contribution in [2.24, 2.45) is 0 Å². The van der Waals surface area contributed by atoms with Crippen molar-refractivity contribution in [1.29, 1.82) is 0 Å². The lowest BCUT2D eigenvalue weighted by atomic mass is 9.93. The molecule has 2 heterocycles. The van der Waals surface area contributed by atoms with E-state index >= 15 is 0 Å². The SMILES string of the molecule is CCN1C(=O)CCc2cc3c(cc21)CCNCC3.Cl. The van der Waals surface area contributed by atoms with E-state index in [1.54, 1.807) is 0 Å². The van der Waals surface area contributed by atoms with E-state index in [9.17, 15) is 4.79 Å². The van der Waals surface area contributed by atoms with Crippen molar-refractivity contribution in [3.05, 3.63) is 28.8 Å². The van der Waals surface area contributed by atoms with Crippen LogP contribution in [-0.4, -0.2) is 25.5 Å². The Labute approximate surface area is 120 Å². The van der Waals surface area contributed by atoms with Crippen LogP contribution in [0.2, 0.25) is 0 Å². The van der Waals surface area contributed by atoms with E-state index in [1.807, 2.05) is 4.90 Å². The summed E-state index contributed by atoms with van der Waals surface area (Å²) in [5, 5.41) is 3.44. The van der Waals surface area contributed by atoms with Gasteiger partial charge in [-0.2, -0.15) is 0 Å². The van der Waals surface area contributed by atoms with Gasteiger partial charge in [0.15, 0.2) is 0 Å². The highest BCUT2D eigenvalue weighted by atomic mass is 35.5. The minimum Gasteiger partial charge on any atom is -0.316 e. The van der Waals surface area contributed by atoms with Gasteiger partial charge in [0.25, 0.3) is 0 Å². The predicted octanol–water partition coefficient (Wildman–Crippen LogP) is 2.10. The Balaban J connectivity index is 0.00000133. The van der Waals surface area contributed by atoms with E-state index in [1.165, 1.54) is 16.7 Å². The van der Waals surface area contributed by atoms with Crippen molar-refractivity contribution in [1.82, 2.24) is 5.32 Å². The molecule has 104 valence electrons. The summed E-state index contributed by atoms with van der Waals surface area (Å²) < 4.78 is 0. The molecule has 2 aliphatic rings. The summed E-state index contributed by atoms with van der Waals surface area (Å²) in [6.07, 6.45) is 3.76. The van der Waals surface area contributed by atoms with Gasteiger partial charge < -0.3 is 10.2 Å². The van der Waals surface area contributed by atoms with Crippen LogP contribution in [0.15, 0.2) is 12.1 Å². The smallest absolute Gasteiger partial charge is 0.227 e. The highest BCUT2D eigenvalue weighted by Gasteiger charge is 2.24. The van der Waals surface area contributed by atoms with Gasteiger partial charge in [-0.1, -0.05) is 6.07 Å². The number of anilines is 1. The minimum atomic E-state index is 0. The standard InChI is InChI=1S/C15H20N2O.ClH/c1-2-17-14-10-12-6-8-16-7-5-11(12)9-13(14)3-4-15(17)18;/h9-10,16H,2-8H2,1H3;1H. The Morgan fingerprint density at radius 1 is 1.05 bits per heavy atom. The molecule has 0 radical (unpaired) electrons. The molecule has 1 N–H and O–H groups in total. The summed E-state index contributed by atoms with van der Waals surface area (Å²) >= 11 is 0. The number of aryl methyl sites for hydroxylation is 1. The molecular weight excluding hydrogens is 260 g/mol. The van der Waals surface area contributed by atoms with Crippen LogP contribution in [0, 0.1) is 0 Å². The number of hydrogen-bond acceptors (Lipinski definition) is 2. The number of halogens is 1. The largest absolute Gasteiger partial charge is 0.316 e. The van der Waals surface area contributed by atoms with E-state index in [0.717, 1.165) is 44.6 Å². The van der Waals surface area contributed by atoms with Gasteiger partial charge in [-0.15, -0.1) is 12.4 Å². The summed E-state index contributed by atoms with van der Waals surface area (Å²) in [6, 6.07) is 4.60. The zero-order valence-corrected chi connectivity index (χ0v) is 12.2. The van der Waals surface area contributed by atoms with Crippen molar-refractivity contribution in [2.75, 3.05) is 24.5 Å². The molecule has 2 aliphatic heterocycles. The van der Waals surface area contributed by atoms with Crippen LogP contribution >= 0.6 is 12.4 Å². The van der Waals surface area contributed by atoms with Crippen LogP contribution in [-0.2, 0) is 24.1 Å². The molecule has 0 spiro atoms. The third-order valence-electron chi connectivity index (χ3n) is 4.06. The van der Waals surface area contributed by atoms with Crippen molar-refractivity contribution >= 4 is 24.0 Å². The number of amides is 1. The fourth-order valence-electron chi connectivity index (χ4n) is 3.07. The predicted molar refractivity (Wildman–Crippen MR) is 80.3 cm³/mol. The number of nitrogens with one attached hydrogen (secondary N) is 1. The van der Waals surface area contributed by atoms with Crippen LogP contribution in [0.1, 0.15) is 30.0 Å². The number of benzene rings is 1. The maximum absolute atomic E-state index is 11.9. The quantitative estimate of drug-likeness (QED) is 0.854. The number of nitrogens with zero attached hydrogens (tertiary/aromatic N) is 1. The molecule has 1 aromatic carbocycles. The number of rotatable bonds is 1. The van der Waals surface area contributed by atoms with Crippen LogP contribution in [0.25, 0.3) is 0 Å². The third-order valence-corrected chi connectivity index (χ3v) is 4.06. The first-order valence-electron chi connectivity index (χ1n) is 6.95. The van der Waals surface area contributed by atoms with Gasteiger partial charge in [-0.05, 0) is 62.0 Å². The Morgan fingerprint density at radius 3 is 2.42 bits per heavy atom. The van der Waals surface area contributed by atoms with Crippen LogP contribution in [0.5, 0.6) is 0 Å². The molecule has 4 heteroatoms. The number of carbonyl (C=O) groups excluding carboxylic acids is 1. The fraction of sp³-hybridized carbons (Fsp3) is 0.533. The number of hydrogen-bond donors (Lipinski definition) is 1. The minimum absolute atomic E-state index is 0. The lowest BCUT2D eigenvalue weighted by molar-refractivity contribution is -0.118. The topological polar surface area (TPSA) is 32.3 Å². The van der Waals surface area contributed by atoms with Gasteiger partial charge >= 0.3 is 0 Å².